The minimum atomic E-state index is 0. The Balaban J connectivity index is 0.00000112. The number of halogens is 1. The Hall–Kier alpha value is -0.690. The van der Waals surface area contributed by atoms with E-state index in [0.29, 0.717) is 0 Å². The van der Waals surface area contributed by atoms with Gasteiger partial charge in [-0.2, -0.15) is 0 Å². The first kappa shape index (κ1) is 12.4. The van der Waals surface area contributed by atoms with Crippen molar-refractivity contribution in [2.24, 2.45) is 5.73 Å². The number of benzene rings is 1. The number of rotatable bonds is 1. The SMILES string of the molecule is Cc1cccc2[nH]cc(SC(=N)N)c12.I. The first-order valence-electron chi connectivity index (χ1n) is 4.27. The van der Waals surface area contributed by atoms with Crippen molar-refractivity contribution >= 4 is 51.8 Å². The maximum atomic E-state index is 7.24. The Bertz CT molecular complexity index is 492. The van der Waals surface area contributed by atoms with E-state index in [0.717, 1.165) is 15.8 Å². The van der Waals surface area contributed by atoms with Crippen LogP contribution in [-0.4, -0.2) is 10.2 Å². The Labute approximate surface area is 109 Å². The molecular weight excluding hydrogens is 321 g/mol. The molecule has 0 spiro atoms. The summed E-state index contributed by atoms with van der Waals surface area (Å²) in [6.07, 6.45) is 1.89. The van der Waals surface area contributed by atoms with Crippen LogP contribution in [0, 0.1) is 12.3 Å². The van der Waals surface area contributed by atoms with Crippen LogP contribution in [0.2, 0.25) is 0 Å². The highest BCUT2D eigenvalue weighted by molar-refractivity contribution is 14.0. The topological polar surface area (TPSA) is 65.7 Å². The molecule has 0 saturated heterocycles. The van der Waals surface area contributed by atoms with Gasteiger partial charge in [-0.25, -0.2) is 0 Å². The summed E-state index contributed by atoms with van der Waals surface area (Å²) in [6, 6.07) is 6.09. The minimum absolute atomic E-state index is 0. The van der Waals surface area contributed by atoms with E-state index in [4.69, 9.17) is 11.1 Å². The molecule has 1 heterocycles. The molecule has 1 aromatic heterocycles. The normalized spacial score (nSPS) is 9.93. The lowest BCUT2D eigenvalue weighted by Crippen LogP contribution is -2.02. The second-order valence-electron chi connectivity index (χ2n) is 3.12. The summed E-state index contributed by atoms with van der Waals surface area (Å²) in [7, 11) is 0. The van der Waals surface area contributed by atoms with Gasteiger partial charge in [-0.05, 0) is 18.6 Å². The highest BCUT2D eigenvalue weighted by Gasteiger charge is 2.07. The van der Waals surface area contributed by atoms with Crippen LogP contribution in [0.4, 0.5) is 0 Å². The quantitative estimate of drug-likeness (QED) is 0.325. The first-order chi connectivity index (χ1) is 6.68. The number of amidine groups is 1. The van der Waals surface area contributed by atoms with E-state index in [1.807, 2.05) is 18.3 Å². The number of hydrogen-bond donors (Lipinski definition) is 3. The summed E-state index contributed by atoms with van der Waals surface area (Å²) < 4.78 is 0. The molecule has 3 nitrogen and oxygen atoms in total. The minimum Gasteiger partial charge on any atom is -0.378 e. The van der Waals surface area contributed by atoms with Crippen LogP contribution in [0.5, 0.6) is 0 Å². The lowest BCUT2D eigenvalue weighted by atomic mass is 10.1. The summed E-state index contributed by atoms with van der Waals surface area (Å²) in [4.78, 5) is 4.18. The van der Waals surface area contributed by atoms with Crippen LogP contribution in [0.25, 0.3) is 10.9 Å². The van der Waals surface area contributed by atoms with E-state index in [1.165, 1.54) is 17.3 Å². The van der Waals surface area contributed by atoms with Crippen molar-refractivity contribution in [3.8, 4) is 0 Å². The molecule has 2 rings (SSSR count). The van der Waals surface area contributed by atoms with Crippen molar-refractivity contribution < 1.29 is 0 Å². The fourth-order valence-corrected chi connectivity index (χ4v) is 2.26. The van der Waals surface area contributed by atoms with Gasteiger partial charge in [0.1, 0.15) is 0 Å². The van der Waals surface area contributed by atoms with Crippen molar-refractivity contribution in [2.75, 3.05) is 0 Å². The van der Waals surface area contributed by atoms with Gasteiger partial charge in [0, 0.05) is 22.0 Å². The van der Waals surface area contributed by atoms with Gasteiger partial charge >= 0.3 is 0 Å². The molecule has 0 amide bonds. The summed E-state index contributed by atoms with van der Waals surface area (Å²) in [5.41, 5.74) is 7.65. The number of hydrogen-bond acceptors (Lipinski definition) is 2. The van der Waals surface area contributed by atoms with Crippen molar-refractivity contribution in [1.29, 1.82) is 5.41 Å². The van der Waals surface area contributed by atoms with Gasteiger partial charge in [0.15, 0.2) is 5.17 Å². The number of fused-ring (bicyclic) bond motifs is 1. The number of thioether (sulfide) groups is 1. The predicted octanol–water partition coefficient (Wildman–Crippen LogP) is 3.08. The molecule has 0 saturated carbocycles. The van der Waals surface area contributed by atoms with Crippen molar-refractivity contribution in [2.45, 2.75) is 11.8 Å². The molecule has 0 atom stereocenters. The van der Waals surface area contributed by atoms with E-state index in [2.05, 4.69) is 18.0 Å². The van der Waals surface area contributed by atoms with Crippen molar-refractivity contribution in [1.82, 2.24) is 4.98 Å². The number of H-pyrrole nitrogens is 1. The lowest BCUT2D eigenvalue weighted by molar-refractivity contribution is 1.41. The van der Waals surface area contributed by atoms with Gasteiger partial charge in [0.25, 0.3) is 0 Å². The van der Waals surface area contributed by atoms with Gasteiger partial charge in [-0.3, -0.25) is 5.41 Å². The zero-order chi connectivity index (χ0) is 10.1. The predicted molar refractivity (Wildman–Crippen MR) is 76.2 cm³/mol. The molecular formula is C10H12IN3S. The summed E-state index contributed by atoms with van der Waals surface area (Å²) in [6.45, 7) is 2.06. The summed E-state index contributed by atoms with van der Waals surface area (Å²) in [5, 5.41) is 8.52. The lowest BCUT2D eigenvalue weighted by Gasteiger charge is -1.99. The number of aryl methyl sites for hydroxylation is 1. The molecule has 0 radical (unpaired) electrons. The molecule has 2 aromatic rings. The van der Waals surface area contributed by atoms with Crippen LogP contribution < -0.4 is 5.73 Å². The van der Waals surface area contributed by atoms with Gasteiger partial charge in [0.2, 0.25) is 0 Å². The number of nitrogens with two attached hydrogens (primary N) is 1. The Morgan fingerprint density at radius 2 is 2.20 bits per heavy atom. The Morgan fingerprint density at radius 1 is 1.47 bits per heavy atom. The molecule has 0 aliphatic rings. The monoisotopic (exact) mass is 333 g/mol. The number of aromatic amines is 1. The van der Waals surface area contributed by atoms with E-state index in [1.54, 1.807) is 0 Å². The van der Waals surface area contributed by atoms with Crippen LogP contribution in [0.1, 0.15) is 5.56 Å². The largest absolute Gasteiger partial charge is 0.378 e. The van der Waals surface area contributed by atoms with Crippen LogP contribution in [0.3, 0.4) is 0 Å². The van der Waals surface area contributed by atoms with Crippen LogP contribution in [-0.2, 0) is 0 Å². The molecule has 15 heavy (non-hydrogen) atoms. The third kappa shape index (κ3) is 2.46. The molecule has 0 aliphatic heterocycles. The average molecular weight is 333 g/mol. The molecule has 0 unspecified atom stereocenters. The number of nitrogens with one attached hydrogen (secondary N) is 2. The summed E-state index contributed by atoms with van der Waals surface area (Å²) >= 11 is 1.28. The zero-order valence-electron chi connectivity index (χ0n) is 8.20. The molecule has 80 valence electrons. The highest BCUT2D eigenvalue weighted by Crippen LogP contribution is 2.29. The van der Waals surface area contributed by atoms with Crippen molar-refractivity contribution in [3.63, 3.8) is 0 Å². The molecule has 4 N–H and O–H groups in total. The summed E-state index contributed by atoms with van der Waals surface area (Å²) in [5.74, 6) is 0. The second kappa shape index (κ2) is 4.89. The number of aromatic nitrogens is 1. The Kier molecular flexibility index (Phi) is 4.04. The highest BCUT2D eigenvalue weighted by atomic mass is 127. The maximum absolute atomic E-state index is 7.24. The third-order valence-corrected chi connectivity index (χ3v) is 2.86. The van der Waals surface area contributed by atoms with Gasteiger partial charge in [0.05, 0.1) is 0 Å². The maximum Gasteiger partial charge on any atom is 0.156 e. The average Bonchev–Trinajstić information content (AvgIpc) is 2.49. The molecule has 0 bridgehead atoms. The van der Waals surface area contributed by atoms with Gasteiger partial charge in [-0.1, -0.05) is 23.9 Å². The smallest absolute Gasteiger partial charge is 0.156 e. The van der Waals surface area contributed by atoms with Crippen molar-refractivity contribution in [3.05, 3.63) is 30.0 Å². The van der Waals surface area contributed by atoms with E-state index >= 15 is 0 Å². The Morgan fingerprint density at radius 3 is 2.87 bits per heavy atom. The molecule has 5 heteroatoms. The van der Waals surface area contributed by atoms with Gasteiger partial charge < -0.3 is 10.7 Å². The zero-order valence-corrected chi connectivity index (χ0v) is 11.4. The van der Waals surface area contributed by atoms with E-state index in [9.17, 15) is 0 Å². The fraction of sp³-hybridized carbons (Fsp3) is 0.100. The molecule has 1 aromatic carbocycles. The second-order valence-corrected chi connectivity index (χ2v) is 4.20. The first-order valence-corrected chi connectivity index (χ1v) is 5.08. The van der Waals surface area contributed by atoms with Gasteiger partial charge in [-0.15, -0.1) is 24.0 Å². The molecule has 0 aliphatic carbocycles. The van der Waals surface area contributed by atoms with E-state index < -0.39 is 0 Å². The third-order valence-electron chi connectivity index (χ3n) is 2.10. The van der Waals surface area contributed by atoms with Crippen LogP contribution >= 0.6 is 35.7 Å². The fourth-order valence-electron chi connectivity index (χ4n) is 1.53. The molecule has 0 fully saturated rings. The van der Waals surface area contributed by atoms with E-state index in [-0.39, 0.29) is 29.1 Å². The van der Waals surface area contributed by atoms with Crippen LogP contribution in [0.15, 0.2) is 29.3 Å². The standard InChI is InChI=1S/C10H11N3S.HI/c1-6-3-2-4-7-9(6)8(5-13-7)14-10(11)12;/h2-5,13H,1H3,(H3,11,12);1H.